The number of fused-ring (bicyclic) bond motifs is 2. The molecular formula is C24H23N3O2S. The zero-order valence-corrected chi connectivity index (χ0v) is 17.9. The molecule has 1 aliphatic rings. The van der Waals surface area contributed by atoms with E-state index >= 15 is 0 Å². The van der Waals surface area contributed by atoms with Crippen LogP contribution in [0.3, 0.4) is 0 Å². The van der Waals surface area contributed by atoms with E-state index < -0.39 is 0 Å². The summed E-state index contributed by atoms with van der Waals surface area (Å²) in [4.78, 5) is 24.8. The molecule has 0 saturated carbocycles. The van der Waals surface area contributed by atoms with E-state index in [-0.39, 0.29) is 12.0 Å². The zero-order valence-electron chi connectivity index (χ0n) is 17.1. The van der Waals surface area contributed by atoms with Gasteiger partial charge < -0.3 is 4.74 Å². The van der Waals surface area contributed by atoms with Crippen molar-refractivity contribution in [1.82, 2.24) is 14.9 Å². The molecule has 1 aliphatic heterocycles. The van der Waals surface area contributed by atoms with Gasteiger partial charge in [0, 0.05) is 11.9 Å². The molecule has 0 bridgehead atoms. The summed E-state index contributed by atoms with van der Waals surface area (Å²) in [7, 11) is 1.43. The molecule has 5 nitrogen and oxygen atoms in total. The molecule has 1 fully saturated rings. The predicted molar refractivity (Wildman–Crippen MR) is 120 cm³/mol. The number of likely N-dealkylation sites (tertiary alicyclic amines) is 1. The topological polar surface area (TPSA) is 55.3 Å². The molecule has 5 rings (SSSR count). The van der Waals surface area contributed by atoms with Gasteiger partial charge in [0.05, 0.1) is 40.1 Å². The normalized spacial score (nSPS) is 17.1. The molecule has 3 heterocycles. The summed E-state index contributed by atoms with van der Waals surface area (Å²) in [5, 5.41) is 2.14. The SMILES string of the molecule is COC(=O)c1c(CN2CCC[C@@H]2c2nc3ccccc3s2)nc2ccccc2c1C. The highest BCUT2D eigenvalue weighted by Gasteiger charge is 2.31. The lowest BCUT2D eigenvalue weighted by Crippen LogP contribution is -2.25. The van der Waals surface area contributed by atoms with Gasteiger partial charge in [0.2, 0.25) is 0 Å². The second-order valence-electron chi connectivity index (χ2n) is 7.72. The molecule has 0 radical (unpaired) electrons. The first-order valence-corrected chi connectivity index (χ1v) is 11.0. The van der Waals surface area contributed by atoms with Gasteiger partial charge in [-0.25, -0.2) is 9.78 Å². The molecule has 6 heteroatoms. The number of carbonyl (C=O) groups excluding carboxylic acids is 1. The lowest BCUT2D eigenvalue weighted by atomic mass is 10.0. The maximum absolute atomic E-state index is 12.7. The van der Waals surface area contributed by atoms with Gasteiger partial charge in [-0.05, 0) is 50.1 Å². The molecule has 30 heavy (non-hydrogen) atoms. The first-order valence-electron chi connectivity index (χ1n) is 10.2. The number of hydrogen-bond donors (Lipinski definition) is 0. The highest BCUT2D eigenvalue weighted by Crippen LogP contribution is 2.38. The third-order valence-corrected chi connectivity index (χ3v) is 7.07. The van der Waals surface area contributed by atoms with Crippen molar-refractivity contribution in [2.24, 2.45) is 0 Å². The molecular weight excluding hydrogens is 394 g/mol. The van der Waals surface area contributed by atoms with Crippen LogP contribution < -0.4 is 0 Å². The van der Waals surface area contributed by atoms with Crippen molar-refractivity contribution < 1.29 is 9.53 Å². The second-order valence-corrected chi connectivity index (χ2v) is 8.78. The molecule has 0 spiro atoms. The van der Waals surface area contributed by atoms with Crippen LogP contribution in [0.25, 0.3) is 21.1 Å². The Labute approximate surface area is 179 Å². The van der Waals surface area contributed by atoms with Gasteiger partial charge in [0.15, 0.2) is 0 Å². The van der Waals surface area contributed by atoms with Gasteiger partial charge in [-0.2, -0.15) is 0 Å². The Hall–Kier alpha value is -2.83. The molecule has 0 aliphatic carbocycles. The van der Waals surface area contributed by atoms with Crippen molar-refractivity contribution in [2.75, 3.05) is 13.7 Å². The summed E-state index contributed by atoms with van der Waals surface area (Å²) in [6.45, 7) is 3.56. The number of ether oxygens (including phenoxy) is 1. The number of nitrogens with zero attached hydrogens (tertiary/aromatic N) is 3. The van der Waals surface area contributed by atoms with E-state index in [1.807, 2.05) is 37.3 Å². The molecule has 152 valence electrons. The van der Waals surface area contributed by atoms with Crippen molar-refractivity contribution in [2.45, 2.75) is 32.4 Å². The third kappa shape index (κ3) is 3.26. The van der Waals surface area contributed by atoms with Gasteiger partial charge in [-0.15, -0.1) is 11.3 Å². The Morgan fingerprint density at radius 2 is 1.90 bits per heavy atom. The van der Waals surface area contributed by atoms with Crippen LogP contribution in [0.1, 0.15) is 45.5 Å². The summed E-state index contributed by atoms with van der Waals surface area (Å²) in [5.41, 5.74) is 4.27. The standard InChI is InChI=1S/C24H23N3O2S/c1-15-16-8-3-4-9-17(16)25-19(22(15)24(28)29-2)14-27-13-7-11-20(27)23-26-18-10-5-6-12-21(18)30-23/h3-6,8-10,12,20H,7,11,13-14H2,1-2H3/t20-/m1/s1. The second kappa shape index (κ2) is 7.78. The summed E-state index contributed by atoms with van der Waals surface area (Å²) in [6, 6.07) is 16.5. The molecule has 0 N–H and O–H groups in total. The molecule has 1 atom stereocenters. The predicted octanol–water partition coefficient (Wildman–Crippen LogP) is 5.28. The lowest BCUT2D eigenvalue weighted by molar-refractivity contribution is 0.0596. The van der Waals surface area contributed by atoms with E-state index in [2.05, 4.69) is 23.1 Å². The first kappa shape index (κ1) is 19.2. The zero-order chi connectivity index (χ0) is 20.7. The van der Waals surface area contributed by atoms with Crippen molar-refractivity contribution in [3.63, 3.8) is 0 Å². The Bertz CT molecular complexity index is 1220. The molecule has 0 unspecified atom stereocenters. The van der Waals surface area contributed by atoms with Gasteiger partial charge in [0.1, 0.15) is 5.01 Å². The minimum absolute atomic E-state index is 0.251. The highest BCUT2D eigenvalue weighted by molar-refractivity contribution is 7.18. The number of aromatic nitrogens is 2. The molecule has 4 aromatic rings. The lowest BCUT2D eigenvalue weighted by Gasteiger charge is -2.24. The van der Waals surface area contributed by atoms with Crippen LogP contribution in [-0.2, 0) is 11.3 Å². The smallest absolute Gasteiger partial charge is 0.340 e. The number of carbonyl (C=O) groups is 1. The average Bonchev–Trinajstić information content (AvgIpc) is 3.40. The fourth-order valence-corrected chi connectivity index (χ4v) is 5.59. The number of rotatable bonds is 4. The summed E-state index contributed by atoms with van der Waals surface area (Å²) in [5.74, 6) is -0.323. The van der Waals surface area contributed by atoms with Crippen LogP contribution in [0.2, 0.25) is 0 Å². The van der Waals surface area contributed by atoms with Crippen molar-refractivity contribution in [1.29, 1.82) is 0 Å². The molecule has 2 aromatic carbocycles. The van der Waals surface area contributed by atoms with Crippen LogP contribution in [0.15, 0.2) is 48.5 Å². The Morgan fingerprint density at radius 3 is 2.70 bits per heavy atom. The first-order chi connectivity index (χ1) is 14.7. The van der Waals surface area contributed by atoms with Gasteiger partial charge in [0.25, 0.3) is 0 Å². The fourth-order valence-electron chi connectivity index (χ4n) is 4.45. The minimum Gasteiger partial charge on any atom is -0.465 e. The number of thiazole rings is 1. The minimum atomic E-state index is -0.323. The van der Waals surface area contributed by atoms with E-state index in [1.54, 1.807) is 11.3 Å². The van der Waals surface area contributed by atoms with Crippen LogP contribution in [0, 0.1) is 6.92 Å². The highest BCUT2D eigenvalue weighted by atomic mass is 32.1. The van der Waals surface area contributed by atoms with Crippen molar-refractivity contribution in [3.05, 3.63) is 70.4 Å². The van der Waals surface area contributed by atoms with Gasteiger partial charge in [-0.3, -0.25) is 9.88 Å². The summed E-state index contributed by atoms with van der Waals surface area (Å²) >= 11 is 1.76. The van der Waals surface area contributed by atoms with Crippen molar-refractivity contribution in [3.8, 4) is 0 Å². The van der Waals surface area contributed by atoms with E-state index in [0.717, 1.165) is 52.1 Å². The van der Waals surface area contributed by atoms with Crippen LogP contribution >= 0.6 is 11.3 Å². The largest absolute Gasteiger partial charge is 0.465 e. The fraction of sp³-hybridized carbons (Fsp3) is 0.292. The quantitative estimate of drug-likeness (QED) is 0.423. The average molecular weight is 418 g/mol. The third-order valence-electron chi connectivity index (χ3n) is 5.93. The summed E-state index contributed by atoms with van der Waals surface area (Å²) in [6.07, 6.45) is 2.18. The number of pyridine rings is 1. The number of methoxy groups -OCH3 is 1. The van der Waals surface area contributed by atoms with Gasteiger partial charge >= 0.3 is 5.97 Å². The van der Waals surface area contributed by atoms with Gasteiger partial charge in [-0.1, -0.05) is 30.3 Å². The molecule has 0 amide bonds. The van der Waals surface area contributed by atoms with Crippen LogP contribution in [0.4, 0.5) is 0 Å². The number of hydrogen-bond acceptors (Lipinski definition) is 6. The van der Waals surface area contributed by atoms with Crippen LogP contribution in [-0.4, -0.2) is 34.5 Å². The van der Waals surface area contributed by atoms with E-state index in [0.29, 0.717) is 12.1 Å². The molecule has 1 saturated heterocycles. The number of para-hydroxylation sites is 2. The molecule has 2 aromatic heterocycles. The maximum Gasteiger partial charge on any atom is 0.340 e. The number of aryl methyl sites for hydroxylation is 1. The Kier molecular flexibility index (Phi) is 4.97. The van der Waals surface area contributed by atoms with E-state index in [1.165, 1.54) is 11.8 Å². The van der Waals surface area contributed by atoms with Crippen LogP contribution in [0.5, 0.6) is 0 Å². The van der Waals surface area contributed by atoms with Crippen molar-refractivity contribution >= 4 is 38.4 Å². The Morgan fingerprint density at radius 1 is 1.13 bits per heavy atom. The van der Waals surface area contributed by atoms with E-state index in [9.17, 15) is 4.79 Å². The monoisotopic (exact) mass is 417 g/mol. The number of benzene rings is 2. The summed E-state index contributed by atoms with van der Waals surface area (Å²) < 4.78 is 6.33. The number of esters is 1. The maximum atomic E-state index is 12.7. The van der Waals surface area contributed by atoms with E-state index in [4.69, 9.17) is 14.7 Å². The Balaban J connectivity index is 1.54.